The number of nitrogens with zero attached hydrogens (tertiary/aromatic N) is 4. The molecule has 2 aliphatic rings. The van der Waals surface area contributed by atoms with E-state index in [2.05, 4.69) is 78.5 Å². The Morgan fingerprint density at radius 2 is 1.56 bits per heavy atom. The maximum atomic E-state index is 13.7. The Balaban J connectivity index is 1.45. The molecule has 0 saturated heterocycles. The van der Waals surface area contributed by atoms with Gasteiger partial charge in [0.15, 0.2) is 0 Å². The van der Waals surface area contributed by atoms with Crippen molar-refractivity contribution in [1.82, 2.24) is 5.01 Å². The molecule has 0 unspecified atom stereocenters. The van der Waals surface area contributed by atoms with E-state index in [9.17, 15) is 4.79 Å². The number of hydrazone groups is 1. The van der Waals surface area contributed by atoms with E-state index in [4.69, 9.17) is 16.7 Å². The number of hydrogen-bond acceptors (Lipinski definition) is 5. The topological polar surface area (TPSA) is 39.1 Å². The minimum atomic E-state index is -0.102. The monoisotopic (exact) mass is 558 g/mol. The Morgan fingerprint density at radius 3 is 2.18 bits per heavy atom. The zero-order valence-corrected chi connectivity index (χ0v) is 24.5. The standard InChI is InChI=1S/C32H35ClN4OS/c1-35(2)26-14-8-22(9-15-26)20-24-6-5-7-29-31(24)34-37(30(38)21-39-28-18-12-25(33)13-19-28)32(29)23-10-16-27(17-11-23)36(3)4/h8-20,29,32H,5-7,21H2,1-4H3/b24-20+/t29-,32+/m0/s1. The van der Waals surface area contributed by atoms with Gasteiger partial charge < -0.3 is 9.80 Å². The van der Waals surface area contributed by atoms with Gasteiger partial charge in [-0.1, -0.05) is 35.9 Å². The van der Waals surface area contributed by atoms with Crippen molar-refractivity contribution in [2.24, 2.45) is 11.0 Å². The molecule has 7 heteroatoms. The number of halogens is 1. The van der Waals surface area contributed by atoms with Crippen molar-refractivity contribution in [3.63, 3.8) is 0 Å². The molecule has 5 rings (SSSR count). The van der Waals surface area contributed by atoms with Crippen LogP contribution in [0.15, 0.2) is 88.4 Å². The first-order valence-corrected chi connectivity index (χ1v) is 14.7. The summed E-state index contributed by atoms with van der Waals surface area (Å²) in [7, 11) is 8.18. The number of carbonyl (C=O) groups excluding carboxylic acids is 1. The molecule has 0 aromatic heterocycles. The lowest BCUT2D eigenvalue weighted by molar-refractivity contribution is -0.130. The molecule has 2 atom stereocenters. The highest BCUT2D eigenvalue weighted by molar-refractivity contribution is 8.00. The lowest BCUT2D eigenvalue weighted by Crippen LogP contribution is -2.32. The highest BCUT2D eigenvalue weighted by atomic mass is 35.5. The highest BCUT2D eigenvalue weighted by Crippen LogP contribution is 2.45. The van der Waals surface area contributed by atoms with Gasteiger partial charge in [0, 0.05) is 55.4 Å². The Labute approximate surface area is 241 Å². The molecule has 1 heterocycles. The summed E-state index contributed by atoms with van der Waals surface area (Å²) in [5.41, 5.74) is 6.90. The lowest BCUT2D eigenvalue weighted by Gasteiger charge is -2.30. The van der Waals surface area contributed by atoms with Crippen molar-refractivity contribution in [1.29, 1.82) is 0 Å². The molecule has 3 aromatic rings. The van der Waals surface area contributed by atoms with Crippen molar-refractivity contribution in [2.75, 3.05) is 43.7 Å². The van der Waals surface area contributed by atoms with Crippen LogP contribution in [0, 0.1) is 5.92 Å². The van der Waals surface area contributed by atoms with Gasteiger partial charge in [0.2, 0.25) is 0 Å². The Kier molecular flexibility index (Phi) is 8.34. The van der Waals surface area contributed by atoms with E-state index < -0.39 is 0 Å². The third-order valence-corrected chi connectivity index (χ3v) is 8.68. The first kappa shape index (κ1) is 27.4. The maximum absolute atomic E-state index is 13.7. The van der Waals surface area contributed by atoms with Crippen molar-refractivity contribution >= 4 is 52.4 Å². The van der Waals surface area contributed by atoms with Gasteiger partial charge in [-0.3, -0.25) is 4.79 Å². The summed E-state index contributed by atoms with van der Waals surface area (Å²) in [5.74, 6) is 0.525. The number of amides is 1. The molecule has 5 nitrogen and oxygen atoms in total. The number of rotatable bonds is 7. The summed E-state index contributed by atoms with van der Waals surface area (Å²) < 4.78 is 0. The SMILES string of the molecule is CN(C)c1ccc(/C=C2\CCC[C@H]3C2=NN(C(=O)CSc2ccc(Cl)cc2)[C@@H]3c2ccc(N(C)C)cc2)cc1. The lowest BCUT2D eigenvalue weighted by atomic mass is 9.77. The molecule has 0 radical (unpaired) electrons. The molecule has 0 N–H and O–H groups in total. The third kappa shape index (κ3) is 6.18. The summed E-state index contributed by atoms with van der Waals surface area (Å²) in [6.07, 6.45) is 5.33. The third-order valence-electron chi connectivity index (χ3n) is 7.43. The van der Waals surface area contributed by atoms with Gasteiger partial charge in [0.25, 0.3) is 5.91 Å². The van der Waals surface area contributed by atoms with Gasteiger partial charge >= 0.3 is 0 Å². The predicted molar refractivity (Wildman–Crippen MR) is 166 cm³/mol. The number of anilines is 2. The molecular formula is C32H35ClN4OS. The van der Waals surface area contributed by atoms with Crippen LogP contribution in [0.5, 0.6) is 0 Å². The van der Waals surface area contributed by atoms with Gasteiger partial charge in [-0.05, 0) is 90.6 Å². The summed E-state index contributed by atoms with van der Waals surface area (Å²) in [6.45, 7) is 0. The molecule has 1 fully saturated rings. The van der Waals surface area contributed by atoms with E-state index in [1.165, 1.54) is 23.0 Å². The van der Waals surface area contributed by atoms with Gasteiger partial charge in [0.1, 0.15) is 0 Å². The first-order valence-electron chi connectivity index (χ1n) is 13.3. The highest BCUT2D eigenvalue weighted by Gasteiger charge is 2.43. The van der Waals surface area contributed by atoms with Crippen LogP contribution >= 0.6 is 23.4 Å². The first-order chi connectivity index (χ1) is 18.8. The van der Waals surface area contributed by atoms with E-state index in [0.29, 0.717) is 10.8 Å². The average Bonchev–Trinajstić information content (AvgIpc) is 3.34. The molecule has 3 aromatic carbocycles. The molecule has 39 heavy (non-hydrogen) atoms. The number of hydrogen-bond donors (Lipinski definition) is 0. The number of carbonyl (C=O) groups is 1. The van der Waals surface area contributed by atoms with E-state index in [1.54, 1.807) is 5.01 Å². The van der Waals surface area contributed by atoms with Gasteiger partial charge in [-0.25, -0.2) is 5.01 Å². The van der Waals surface area contributed by atoms with Crippen LogP contribution in [0.25, 0.3) is 6.08 Å². The van der Waals surface area contributed by atoms with Crippen LogP contribution in [0.4, 0.5) is 11.4 Å². The Bertz CT molecular complexity index is 1360. The predicted octanol–water partition coefficient (Wildman–Crippen LogP) is 7.39. The summed E-state index contributed by atoms with van der Waals surface area (Å²) >= 11 is 7.57. The largest absolute Gasteiger partial charge is 0.378 e. The number of fused-ring (bicyclic) bond motifs is 1. The van der Waals surface area contributed by atoms with Gasteiger partial charge in [0.05, 0.1) is 17.5 Å². The van der Waals surface area contributed by atoms with Crippen LogP contribution in [-0.2, 0) is 4.79 Å². The zero-order valence-electron chi connectivity index (χ0n) is 23.0. The minimum absolute atomic E-state index is 0.0215. The molecule has 1 aliphatic carbocycles. The van der Waals surface area contributed by atoms with E-state index in [1.807, 2.05) is 38.4 Å². The Hall–Kier alpha value is -3.22. The van der Waals surface area contributed by atoms with Gasteiger partial charge in [-0.15, -0.1) is 11.8 Å². The second kappa shape index (κ2) is 11.9. The van der Waals surface area contributed by atoms with Crippen molar-refractivity contribution in [2.45, 2.75) is 30.2 Å². The second-order valence-corrected chi connectivity index (χ2v) is 12.0. The number of thioether (sulfide) groups is 1. The molecule has 202 valence electrons. The molecule has 1 amide bonds. The van der Waals surface area contributed by atoms with E-state index in [0.717, 1.165) is 46.7 Å². The fraction of sp³-hybridized carbons (Fsp3) is 0.312. The van der Waals surface area contributed by atoms with Crippen molar-refractivity contribution < 1.29 is 4.79 Å². The number of benzene rings is 3. The molecule has 1 aliphatic heterocycles. The summed E-state index contributed by atoms with van der Waals surface area (Å²) in [4.78, 5) is 18.9. The maximum Gasteiger partial charge on any atom is 0.253 e. The summed E-state index contributed by atoms with van der Waals surface area (Å²) in [6, 6.07) is 24.7. The van der Waals surface area contributed by atoms with Crippen LogP contribution in [0.2, 0.25) is 5.02 Å². The van der Waals surface area contributed by atoms with E-state index >= 15 is 0 Å². The minimum Gasteiger partial charge on any atom is -0.378 e. The molecule has 0 spiro atoms. The Morgan fingerprint density at radius 1 is 0.949 bits per heavy atom. The molecule has 1 saturated carbocycles. The van der Waals surface area contributed by atoms with Crippen LogP contribution < -0.4 is 9.80 Å². The number of allylic oxidation sites excluding steroid dienone is 1. The van der Waals surface area contributed by atoms with Gasteiger partial charge in [-0.2, -0.15) is 5.10 Å². The quantitative estimate of drug-likeness (QED) is 0.283. The van der Waals surface area contributed by atoms with Crippen LogP contribution in [0.3, 0.4) is 0 Å². The molecular weight excluding hydrogens is 524 g/mol. The van der Waals surface area contributed by atoms with Crippen molar-refractivity contribution in [3.8, 4) is 0 Å². The summed E-state index contributed by atoms with van der Waals surface area (Å²) in [5, 5.41) is 7.51. The van der Waals surface area contributed by atoms with Crippen LogP contribution in [-0.4, -0.2) is 50.6 Å². The van der Waals surface area contributed by atoms with Crippen molar-refractivity contribution in [3.05, 3.63) is 94.5 Å². The molecule has 0 bridgehead atoms. The zero-order chi connectivity index (χ0) is 27.5. The fourth-order valence-electron chi connectivity index (χ4n) is 5.32. The average molecular weight is 559 g/mol. The van der Waals surface area contributed by atoms with Crippen LogP contribution in [0.1, 0.15) is 36.4 Å². The second-order valence-electron chi connectivity index (χ2n) is 10.6. The fourth-order valence-corrected chi connectivity index (χ4v) is 6.20. The smallest absolute Gasteiger partial charge is 0.253 e. The normalized spacial score (nSPS) is 19.6. The van der Waals surface area contributed by atoms with E-state index in [-0.39, 0.29) is 17.9 Å².